The lowest BCUT2D eigenvalue weighted by Gasteiger charge is -2.24. The van der Waals surface area contributed by atoms with Gasteiger partial charge in [-0.25, -0.2) is 4.79 Å². The number of amides is 1. The second-order valence-electron chi connectivity index (χ2n) is 8.07. The van der Waals surface area contributed by atoms with Gasteiger partial charge in [0.25, 0.3) is 0 Å². The Morgan fingerprint density at radius 3 is 2.04 bits per heavy atom. The Balaban J connectivity index is 2.79. The molecule has 0 aromatic heterocycles. The van der Waals surface area contributed by atoms with Gasteiger partial charge in [-0.05, 0) is 43.7 Å². The normalized spacial score (nSPS) is 13.2. The fourth-order valence-electron chi connectivity index (χ4n) is 2.27. The van der Waals surface area contributed by atoms with Gasteiger partial charge < -0.3 is 20.0 Å². The van der Waals surface area contributed by atoms with Gasteiger partial charge in [-0.3, -0.25) is 0 Å². The lowest BCUT2D eigenvalue weighted by Crippen LogP contribution is -2.43. The molecule has 0 fully saturated rings. The molecule has 1 amide bonds. The quantitative estimate of drug-likeness (QED) is 0.897. The molecule has 1 atom stereocenters. The van der Waals surface area contributed by atoms with E-state index in [4.69, 9.17) is 4.74 Å². The predicted octanol–water partition coefficient (Wildman–Crippen LogP) is 2.56. The number of benzene rings is 1. The van der Waals surface area contributed by atoms with Crippen molar-refractivity contribution in [3.63, 3.8) is 0 Å². The van der Waals surface area contributed by atoms with Crippen LogP contribution in [-0.2, 0) is 21.4 Å². The van der Waals surface area contributed by atoms with E-state index in [1.54, 1.807) is 20.8 Å². The standard InChI is InChI=1S/C19H29NO4/c1-18(2,3)14-9-7-13(8-10-14)11-15(12-16(21)22)20-17(23)24-19(4,5)6/h7-10,15H,11-12H2,1-6H3,(H,20,23)(H,21,22)/p-1/t15-/m1/s1. The summed E-state index contributed by atoms with van der Waals surface area (Å²) >= 11 is 0. The van der Waals surface area contributed by atoms with Crippen LogP contribution in [0.25, 0.3) is 0 Å². The van der Waals surface area contributed by atoms with E-state index in [2.05, 4.69) is 26.1 Å². The highest BCUT2D eigenvalue weighted by atomic mass is 16.6. The van der Waals surface area contributed by atoms with Crippen LogP contribution in [0.1, 0.15) is 59.1 Å². The number of ether oxygens (including phenoxy) is 1. The Morgan fingerprint density at radius 1 is 1.08 bits per heavy atom. The lowest BCUT2D eigenvalue weighted by molar-refractivity contribution is -0.306. The van der Waals surface area contributed by atoms with Crippen LogP contribution in [0.5, 0.6) is 0 Å². The highest BCUT2D eigenvalue weighted by Crippen LogP contribution is 2.22. The third-order valence-electron chi connectivity index (χ3n) is 3.44. The number of alkyl carbamates (subject to hydrolysis) is 1. The van der Waals surface area contributed by atoms with E-state index in [9.17, 15) is 14.7 Å². The van der Waals surface area contributed by atoms with Gasteiger partial charge in [0.05, 0.1) is 0 Å². The first-order chi connectivity index (χ1) is 10.9. The van der Waals surface area contributed by atoms with Crippen LogP contribution in [0.2, 0.25) is 0 Å². The zero-order valence-corrected chi connectivity index (χ0v) is 15.4. The second kappa shape index (κ2) is 7.69. The number of hydrogen-bond donors (Lipinski definition) is 1. The van der Waals surface area contributed by atoms with E-state index in [1.807, 2.05) is 24.3 Å². The van der Waals surface area contributed by atoms with Crippen LogP contribution in [0.15, 0.2) is 24.3 Å². The molecular weight excluding hydrogens is 306 g/mol. The smallest absolute Gasteiger partial charge is 0.407 e. The van der Waals surface area contributed by atoms with Crippen LogP contribution >= 0.6 is 0 Å². The van der Waals surface area contributed by atoms with Crippen molar-refractivity contribution in [2.45, 2.75) is 71.4 Å². The van der Waals surface area contributed by atoms with Crippen molar-refractivity contribution in [3.8, 4) is 0 Å². The van der Waals surface area contributed by atoms with Gasteiger partial charge >= 0.3 is 6.09 Å². The number of hydrogen-bond acceptors (Lipinski definition) is 4. The van der Waals surface area contributed by atoms with Gasteiger partial charge in [0.1, 0.15) is 5.60 Å². The molecule has 0 aliphatic heterocycles. The Bertz CT molecular complexity index is 565. The summed E-state index contributed by atoms with van der Waals surface area (Å²) < 4.78 is 5.19. The van der Waals surface area contributed by atoms with E-state index in [-0.39, 0.29) is 11.8 Å². The van der Waals surface area contributed by atoms with Crippen molar-refractivity contribution in [2.75, 3.05) is 0 Å². The van der Waals surface area contributed by atoms with Crippen molar-refractivity contribution < 1.29 is 19.4 Å². The minimum Gasteiger partial charge on any atom is -0.550 e. The number of carboxylic acids is 1. The van der Waals surface area contributed by atoms with Crippen molar-refractivity contribution in [1.29, 1.82) is 0 Å². The molecule has 0 saturated heterocycles. The highest BCUT2D eigenvalue weighted by Gasteiger charge is 2.20. The first-order valence-corrected chi connectivity index (χ1v) is 8.15. The number of carbonyl (C=O) groups is 2. The van der Waals surface area contributed by atoms with E-state index >= 15 is 0 Å². The van der Waals surface area contributed by atoms with Crippen LogP contribution in [0, 0.1) is 0 Å². The van der Waals surface area contributed by atoms with E-state index in [1.165, 1.54) is 5.56 Å². The summed E-state index contributed by atoms with van der Waals surface area (Å²) in [6.45, 7) is 11.7. The fraction of sp³-hybridized carbons (Fsp3) is 0.579. The van der Waals surface area contributed by atoms with Gasteiger partial charge in [-0.1, -0.05) is 45.0 Å². The molecule has 1 aromatic carbocycles. The monoisotopic (exact) mass is 334 g/mol. The third-order valence-corrected chi connectivity index (χ3v) is 3.44. The van der Waals surface area contributed by atoms with Gasteiger partial charge in [-0.15, -0.1) is 0 Å². The van der Waals surface area contributed by atoms with Crippen LogP contribution < -0.4 is 10.4 Å². The Morgan fingerprint density at radius 2 is 1.62 bits per heavy atom. The van der Waals surface area contributed by atoms with Crippen LogP contribution in [0.4, 0.5) is 4.79 Å². The Labute approximate surface area is 144 Å². The number of rotatable bonds is 5. The van der Waals surface area contributed by atoms with Crippen LogP contribution in [-0.4, -0.2) is 23.7 Å². The van der Waals surface area contributed by atoms with Crippen molar-refractivity contribution >= 4 is 12.1 Å². The van der Waals surface area contributed by atoms with Crippen LogP contribution in [0.3, 0.4) is 0 Å². The van der Waals surface area contributed by atoms with E-state index in [0.717, 1.165) is 5.56 Å². The summed E-state index contributed by atoms with van der Waals surface area (Å²) in [5.41, 5.74) is 1.57. The van der Waals surface area contributed by atoms with E-state index in [0.29, 0.717) is 6.42 Å². The Hall–Kier alpha value is -2.04. The molecule has 0 unspecified atom stereocenters. The molecule has 1 aromatic rings. The maximum atomic E-state index is 11.9. The number of nitrogens with one attached hydrogen (secondary N) is 1. The molecular formula is C19H28NO4-. The van der Waals surface area contributed by atoms with Crippen molar-refractivity contribution in [1.82, 2.24) is 5.32 Å². The minimum atomic E-state index is -1.21. The third kappa shape index (κ3) is 7.49. The molecule has 1 rings (SSSR count). The first-order valence-electron chi connectivity index (χ1n) is 8.15. The largest absolute Gasteiger partial charge is 0.550 e. The maximum absolute atomic E-state index is 11.9. The first kappa shape index (κ1) is 20.0. The summed E-state index contributed by atoms with van der Waals surface area (Å²) in [6, 6.07) is 7.39. The summed E-state index contributed by atoms with van der Waals surface area (Å²) in [5.74, 6) is -1.21. The fourth-order valence-corrected chi connectivity index (χ4v) is 2.27. The molecule has 0 heterocycles. The minimum absolute atomic E-state index is 0.0533. The van der Waals surface area contributed by atoms with Gasteiger partial charge in [0.2, 0.25) is 0 Å². The number of carbonyl (C=O) groups excluding carboxylic acids is 2. The highest BCUT2D eigenvalue weighted by molar-refractivity contribution is 5.70. The maximum Gasteiger partial charge on any atom is 0.407 e. The molecule has 0 saturated carbocycles. The van der Waals surface area contributed by atoms with Gasteiger partial charge in [0.15, 0.2) is 0 Å². The second-order valence-corrected chi connectivity index (χ2v) is 8.07. The van der Waals surface area contributed by atoms with Gasteiger partial charge in [-0.2, -0.15) is 0 Å². The molecule has 134 valence electrons. The van der Waals surface area contributed by atoms with E-state index < -0.39 is 23.7 Å². The SMILES string of the molecule is CC(C)(C)OC(=O)N[C@@H](CC(=O)[O-])Cc1ccc(C(C)(C)C)cc1. The lowest BCUT2D eigenvalue weighted by atomic mass is 9.86. The summed E-state index contributed by atoms with van der Waals surface area (Å²) in [4.78, 5) is 22.8. The average molecular weight is 334 g/mol. The molecule has 0 spiro atoms. The summed E-state index contributed by atoms with van der Waals surface area (Å²) in [7, 11) is 0. The zero-order valence-electron chi connectivity index (χ0n) is 15.4. The molecule has 0 bridgehead atoms. The van der Waals surface area contributed by atoms with Gasteiger partial charge in [0, 0.05) is 18.4 Å². The predicted molar refractivity (Wildman–Crippen MR) is 91.6 cm³/mol. The number of aliphatic carboxylic acids is 1. The summed E-state index contributed by atoms with van der Waals surface area (Å²) in [6.07, 6.45) is -0.488. The molecule has 5 nitrogen and oxygen atoms in total. The molecule has 24 heavy (non-hydrogen) atoms. The summed E-state index contributed by atoms with van der Waals surface area (Å²) in [5, 5.41) is 13.6. The van der Waals surface area contributed by atoms with Crippen molar-refractivity contribution in [2.24, 2.45) is 0 Å². The molecule has 0 radical (unpaired) electrons. The number of carboxylic acid groups (broad SMARTS) is 1. The molecule has 0 aliphatic rings. The molecule has 0 aliphatic carbocycles. The molecule has 1 N–H and O–H groups in total. The Kier molecular flexibility index (Phi) is 6.41. The average Bonchev–Trinajstić information content (AvgIpc) is 2.34. The topological polar surface area (TPSA) is 78.5 Å². The molecule has 5 heteroatoms. The zero-order chi connectivity index (χ0) is 18.5. The van der Waals surface area contributed by atoms with Crippen molar-refractivity contribution in [3.05, 3.63) is 35.4 Å².